The topological polar surface area (TPSA) is 30.7 Å². The fourth-order valence-corrected chi connectivity index (χ4v) is 1.62. The monoisotopic (exact) mass is 303 g/mol. The molecule has 0 aliphatic rings. The van der Waals surface area contributed by atoms with Gasteiger partial charge in [0.15, 0.2) is 5.82 Å². The summed E-state index contributed by atoms with van der Waals surface area (Å²) < 4.78 is 15.9. The molecule has 0 aliphatic carbocycles. The zero-order chi connectivity index (χ0) is 10.1. The van der Waals surface area contributed by atoms with E-state index in [-0.39, 0.29) is 5.82 Å². The van der Waals surface area contributed by atoms with Crippen molar-refractivity contribution in [2.45, 2.75) is 0 Å². The summed E-state index contributed by atoms with van der Waals surface area (Å²) in [5, 5.41) is 4.05. The minimum atomic E-state index is -0.295. The number of hydrogen-bond donors (Lipinski definition) is 0. The van der Waals surface area contributed by atoms with Crippen LogP contribution in [0, 0.1) is 9.39 Å². The Morgan fingerprint density at radius 2 is 2.21 bits per heavy atom. The Hall–Kier alpha value is -0.980. The van der Waals surface area contributed by atoms with Crippen LogP contribution in [0.2, 0.25) is 0 Å². The first kappa shape index (κ1) is 9.57. The molecule has 0 bridgehead atoms. The number of aromatic nitrogens is 3. The predicted molar refractivity (Wildman–Crippen MR) is 59.1 cm³/mol. The van der Waals surface area contributed by atoms with Crippen molar-refractivity contribution in [1.29, 1.82) is 0 Å². The number of hydrogen-bond acceptors (Lipinski definition) is 2. The van der Waals surface area contributed by atoms with E-state index in [0.717, 1.165) is 3.57 Å². The van der Waals surface area contributed by atoms with Crippen LogP contribution in [0.3, 0.4) is 0 Å². The molecule has 0 saturated carbocycles. The van der Waals surface area contributed by atoms with Crippen LogP contribution < -0.4 is 0 Å². The third kappa shape index (κ3) is 1.77. The average molecular weight is 303 g/mol. The quantitative estimate of drug-likeness (QED) is 0.756. The molecule has 0 amide bonds. The van der Waals surface area contributed by atoms with Gasteiger partial charge in [0, 0.05) is 10.6 Å². The van der Waals surface area contributed by atoms with Gasteiger partial charge in [0.25, 0.3) is 0 Å². The Balaban J connectivity index is 2.55. The normalized spacial score (nSPS) is 10.5. The molecule has 0 aliphatic heterocycles. The summed E-state index contributed by atoms with van der Waals surface area (Å²) in [6, 6.07) is 4.86. The third-order valence-electron chi connectivity index (χ3n) is 1.77. The SMILES string of the molecule is Cn1cnc(-c2cc(I)ccc2F)n1. The zero-order valence-corrected chi connectivity index (χ0v) is 9.56. The second kappa shape index (κ2) is 3.64. The largest absolute Gasteiger partial charge is 0.255 e. The van der Waals surface area contributed by atoms with Gasteiger partial charge in [-0.25, -0.2) is 9.37 Å². The van der Waals surface area contributed by atoms with Gasteiger partial charge < -0.3 is 0 Å². The van der Waals surface area contributed by atoms with Gasteiger partial charge in [-0.2, -0.15) is 5.10 Å². The van der Waals surface area contributed by atoms with Gasteiger partial charge in [0.2, 0.25) is 0 Å². The van der Waals surface area contributed by atoms with E-state index in [1.165, 1.54) is 6.07 Å². The molecular weight excluding hydrogens is 296 g/mol. The molecule has 0 spiro atoms. The number of rotatable bonds is 1. The Kier molecular flexibility index (Phi) is 2.49. The molecule has 2 rings (SSSR count). The van der Waals surface area contributed by atoms with Crippen molar-refractivity contribution in [3.63, 3.8) is 0 Å². The van der Waals surface area contributed by atoms with Crippen LogP contribution in [-0.2, 0) is 7.05 Å². The standard InChI is InChI=1S/C9H7FIN3/c1-14-5-12-9(13-14)7-4-6(11)2-3-8(7)10/h2-5H,1H3. The van der Waals surface area contributed by atoms with Crippen LogP contribution >= 0.6 is 22.6 Å². The molecule has 0 radical (unpaired) electrons. The van der Waals surface area contributed by atoms with Crippen LogP contribution in [0.4, 0.5) is 4.39 Å². The maximum atomic E-state index is 13.4. The van der Waals surface area contributed by atoms with Crippen LogP contribution in [0.25, 0.3) is 11.4 Å². The summed E-state index contributed by atoms with van der Waals surface area (Å²) in [5.74, 6) is 0.125. The van der Waals surface area contributed by atoms with Crippen molar-refractivity contribution in [2.75, 3.05) is 0 Å². The highest BCUT2D eigenvalue weighted by Crippen LogP contribution is 2.20. The van der Waals surface area contributed by atoms with Crippen LogP contribution in [-0.4, -0.2) is 14.8 Å². The Morgan fingerprint density at radius 1 is 1.43 bits per heavy atom. The minimum Gasteiger partial charge on any atom is -0.255 e. The highest BCUT2D eigenvalue weighted by atomic mass is 127. The highest BCUT2D eigenvalue weighted by Gasteiger charge is 2.09. The summed E-state index contributed by atoms with van der Waals surface area (Å²) in [6.45, 7) is 0. The Labute approximate surface area is 94.1 Å². The number of halogens is 2. The van der Waals surface area contributed by atoms with Crippen LogP contribution in [0.5, 0.6) is 0 Å². The van der Waals surface area contributed by atoms with Gasteiger partial charge in [0.1, 0.15) is 12.1 Å². The predicted octanol–water partition coefficient (Wildman–Crippen LogP) is 2.23. The van der Waals surface area contributed by atoms with Gasteiger partial charge in [0.05, 0.1) is 5.56 Å². The van der Waals surface area contributed by atoms with Crippen molar-refractivity contribution in [3.05, 3.63) is 33.9 Å². The van der Waals surface area contributed by atoms with Crippen molar-refractivity contribution in [3.8, 4) is 11.4 Å². The van der Waals surface area contributed by atoms with Crippen molar-refractivity contribution in [2.24, 2.45) is 7.05 Å². The maximum Gasteiger partial charge on any atom is 0.184 e. The summed E-state index contributed by atoms with van der Waals surface area (Å²) in [4.78, 5) is 4.00. The molecule has 0 saturated heterocycles. The molecule has 0 atom stereocenters. The molecule has 1 aromatic carbocycles. The maximum absolute atomic E-state index is 13.4. The van der Waals surface area contributed by atoms with Gasteiger partial charge >= 0.3 is 0 Å². The smallest absolute Gasteiger partial charge is 0.184 e. The number of aryl methyl sites for hydroxylation is 1. The summed E-state index contributed by atoms with van der Waals surface area (Å²) >= 11 is 2.13. The lowest BCUT2D eigenvalue weighted by Crippen LogP contribution is -1.90. The lowest BCUT2D eigenvalue weighted by Gasteiger charge is -1.98. The number of benzene rings is 1. The van der Waals surface area contributed by atoms with E-state index in [0.29, 0.717) is 11.4 Å². The molecule has 5 heteroatoms. The Bertz CT molecular complexity index is 467. The van der Waals surface area contributed by atoms with Crippen LogP contribution in [0.1, 0.15) is 0 Å². The van der Waals surface area contributed by atoms with Gasteiger partial charge in [-0.05, 0) is 40.8 Å². The van der Waals surface area contributed by atoms with Gasteiger partial charge in [-0.15, -0.1) is 0 Å². The second-order valence-corrected chi connectivity index (χ2v) is 4.11. The van der Waals surface area contributed by atoms with Crippen LogP contribution in [0.15, 0.2) is 24.5 Å². The van der Waals surface area contributed by atoms with E-state index in [1.54, 1.807) is 30.2 Å². The molecule has 0 N–H and O–H groups in total. The molecule has 72 valence electrons. The average Bonchev–Trinajstić information content (AvgIpc) is 2.56. The number of nitrogens with zero attached hydrogens (tertiary/aromatic N) is 3. The Morgan fingerprint density at radius 3 is 2.86 bits per heavy atom. The van der Waals surface area contributed by atoms with E-state index in [9.17, 15) is 4.39 Å². The lowest BCUT2D eigenvalue weighted by atomic mass is 10.2. The van der Waals surface area contributed by atoms with Crippen molar-refractivity contribution < 1.29 is 4.39 Å². The second-order valence-electron chi connectivity index (χ2n) is 2.87. The van der Waals surface area contributed by atoms with Gasteiger partial charge in [-0.1, -0.05) is 0 Å². The van der Waals surface area contributed by atoms with Crippen molar-refractivity contribution >= 4 is 22.6 Å². The first-order chi connectivity index (χ1) is 6.66. The zero-order valence-electron chi connectivity index (χ0n) is 7.41. The molecule has 1 aromatic heterocycles. The molecule has 0 fully saturated rings. The first-order valence-corrected chi connectivity index (χ1v) is 5.06. The summed E-state index contributed by atoms with van der Waals surface area (Å²) in [5.41, 5.74) is 0.442. The van der Waals surface area contributed by atoms with E-state index >= 15 is 0 Å². The fourth-order valence-electron chi connectivity index (χ4n) is 1.13. The molecule has 14 heavy (non-hydrogen) atoms. The van der Waals surface area contributed by atoms with E-state index in [4.69, 9.17) is 0 Å². The van der Waals surface area contributed by atoms with Crippen molar-refractivity contribution in [1.82, 2.24) is 14.8 Å². The minimum absolute atomic E-state index is 0.295. The first-order valence-electron chi connectivity index (χ1n) is 3.98. The van der Waals surface area contributed by atoms with E-state index < -0.39 is 0 Å². The molecule has 3 nitrogen and oxygen atoms in total. The summed E-state index contributed by atoms with van der Waals surface area (Å²) in [7, 11) is 1.75. The molecular formula is C9H7FIN3. The molecule has 1 heterocycles. The van der Waals surface area contributed by atoms with E-state index in [1.807, 2.05) is 0 Å². The lowest BCUT2D eigenvalue weighted by molar-refractivity contribution is 0.629. The summed E-state index contributed by atoms with van der Waals surface area (Å²) in [6.07, 6.45) is 1.55. The fraction of sp³-hybridized carbons (Fsp3) is 0.111. The van der Waals surface area contributed by atoms with Gasteiger partial charge in [-0.3, -0.25) is 4.68 Å². The molecule has 2 aromatic rings. The highest BCUT2D eigenvalue weighted by molar-refractivity contribution is 14.1. The third-order valence-corrected chi connectivity index (χ3v) is 2.44. The van der Waals surface area contributed by atoms with E-state index in [2.05, 4.69) is 32.7 Å². The molecule has 0 unspecified atom stereocenters.